The number of rotatable bonds is 7. The number of carboxylic acids is 1. The monoisotopic (exact) mass is 429 g/mol. The number of aliphatic carboxylic acids is 1. The second-order valence-corrected chi connectivity index (χ2v) is 9.56. The molecule has 1 heterocycles. The highest BCUT2D eigenvalue weighted by Gasteiger charge is 2.51. The van der Waals surface area contributed by atoms with Gasteiger partial charge in [0.15, 0.2) is 0 Å². The number of carbonyl (C=O) groups is 1. The largest absolute Gasteiger partial charge is 0.489 e. The fourth-order valence-electron chi connectivity index (χ4n) is 4.29. The second-order valence-electron chi connectivity index (χ2n) is 7.69. The maximum absolute atomic E-state index is 12.7. The van der Waals surface area contributed by atoms with Crippen LogP contribution in [0, 0.1) is 0 Å². The number of nitrogens with one attached hydrogen (secondary N) is 1. The molecule has 4 atom stereocenters. The molecule has 1 aliphatic heterocycles. The molecule has 1 saturated carbocycles. The van der Waals surface area contributed by atoms with Crippen LogP contribution in [-0.4, -0.2) is 48.6 Å². The van der Waals surface area contributed by atoms with E-state index in [2.05, 4.69) is 11.3 Å². The number of benzene rings is 2. The van der Waals surface area contributed by atoms with Gasteiger partial charge in [0.05, 0.1) is 23.5 Å². The van der Waals surface area contributed by atoms with E-state index in [4.69, 9.17) is 4.74 Å². The standard InChI is InChI=1S/C22H23NO6S/c1-13(22(25)26)15-8-5-9-16-19-18(29-21(15)16)12-17(24)20(19)23-30(27,28)11-10-14-6-3-2-4-7-14/h2-9,17-20,23-24H,1,10-12H2,(H,25,26). The highest BCUT2D eigenvalue weighted by atomic mass is 32.2. The average molecular weight is 429 g/mol. The molecule has 4 unspecified atom stereocenters. The zero-order valence-corrected chi connectivity index (χ0v) is 17.0. The summed E-state index contributed by atoms with van der Waals surface area (Å²) in [6.45, 7) is 3.60. The van der Waals surface area contributed by atoms with Crippen molar-refractivity contribution < 1.29 is 28.2 Å². The molecular formula is C22H23NO6S. The first kappa shape index (κ1) is 20.6. The van der Waals surface area contributed by atoms with Gasteiger partial charge in [0, 0.05) is 23.5 Å². The van der Waals surface area contributed by atoms with E-state index in [0.717, 1.165) is 5.56 Å². The molecule has 30 heavy (non-hydrogen) atoms. The van der Waals surface area contributed by atoms with Gasteiger partial charge < -0.3 is 14.9 Å². The van der Waals surface area contributed by atoms with Gasteiger partial charge in [-0.05, 0) is 12.0 Å². The topological polar surface area (TPSA) is 113 Å². The average Bonchev–Trinajstić information content (AvgIpc) is 3.22. The number of ether oxygens (including phenoxy) is 1. The Morgan fingerprint density at radius 2 is 1.90 bits per heavy atom. The summed E-state index contributed by atoms with van der Waals surface area (Å²) in [4.78, 5) is 11.4. The molecule has 2 aromatic carbocycles. The fraction of sp³-hybridized carbons (Fsp3) is 0.318. The van der Waals surface area contributed by atoms with Crippen LogP contribution in [-0.2, 0) is 21.2 Å². The van der Waals surface area contributed by atoms with Gasteiger partial charge in [-0.15, -0.1) is 0 Å². The molecule has 3 N–H and O–H groups in total. The number of aryl methyl sites for hydroxylation is 1. The third kappa shape index (κ3) is 3.86. The van der Waals surface area contributed by atoms with Crippen LogP contribution in [0.2, 0.25) is 0 Å². The van der Waals surface area contributed by atoms with E-state index in [-0.39, 0.29) is 17.7 Å². The molecule has 0 saturated heterocycles. The van der Waals surface area contributed by atoms with Gasteiger partial charge in [-0.2, -0.15) is 0 Å². The zero-order valence-electron chi connectivity index (χ0n) is 16.2. The third-order valence-electron chi connectivity index (χ3n) is 5.75. The lowest BCUT2D eigenvalue weighted by atomic mass is 9.91. The maximum Gasteiger partial charge on any atom is 0.335 e. The number of sulfonamides is 1. The van der Waals surface area contributed by atoms with E-state index in [0.29, 0.717) is 23.3 Å². The molecule has 0 radical (unpaired) electrons. The van der Waals surface area contributed by atoms with Gasteiger partial charge in [0.2, 0.25) is 10.0 Å². The number of hydrogen-bond donors (Lipinski definition) is 3. The van der Waals surface area contributed by atoms with Crippen LogP contribution in [0.4, 0.5) is 0 Å². The van der Waals surface area contributed by atoms with Crippen molar-refractivity contribution in [2.45, 2.75) is 37.0 Å². The minimum atomic E-state index is -3.65. The summed E-state index contributed by atoms with van der Waals surface area (Å²) in [5.41, 5.74) is 1.88. The Bertz CT molecular complexity index is 1080. The summed E-state index contributed by atoms with van der Waals surface area (Å²) in [5.74, 6) is -1.24. The SMILES string of the molecule is C=C(C(=O)O)c1cccc2c1OC1CC(O)C(NS(=O)(=O)CCc3ccccc3)C21. The van der Waals surface area contributed by atoms with Crippen LogP contribution in [0.5, 0.6) is 5.75 Å². The number of aliphatic hydroxyl groups excluding tert-OH is 1. The van der Waals surface area contributed by atoms with Crippen LogP contribution in [0.15, 0.2) is 55.1 Å². The van der Waals surface area contributed by atoms with E-state index in [9.17, 15) is 23.4 Å². The molecule has 0 spiro atoms. The predicted octanol–water partition coefficient (Wildman–Crippen LogP) is 1.92. The molecule has 0 bridgehead atoms. The number of para-hydroxylation sites is 1. The first-order valence-electron chi connectivity index (χ1n) is 9.71. The number of carboxylic acid groups (broad SMARTS) is 1. The molecule has 4 rings (SSSR count). The summed E-state index contributed by atoms with van der Waals surface area (Å²) in [6, 6.07) is 13.7. The molecule has 0 amide bonds. The van der Waals surface area contributed by atoms with E-state index >= 15 is 0 Å². The Balaban J connectivity index is 1.56. The summed E-state index contributed by atoms with van der Waals surface area (Å²) in [6.07, 6.45) is -0.710. The minimum absolute atomic E-state index is 0.0904. The van der Waals surface area contributed by atoms with Gasteiger partial charge >= 0.3 is 5.97 Å². The molecule has 2 aromatic rings. The summed E-state index contributed by atoms with van der Waals surface area (Å²) < 4.78 is 34.1. The molecule has 1 aliphatic carbocycles. The van der Waals surface area contributed by atoms with E-state index in [1.807, 2.05) is 30.3 Å². The second kappa shape index (κ2) is 7.86. The van der Waals surface area contributed by atoms with Gasteiger partial charge in [-0.1, -0.05) is 55.1 Å². The van der Waals surface area contributed by atoms with Crippen LogP contribution < -0.4 is 9.46 Å². The maximum atomic E-state index is 12.7. The van der Waals surface area contributed by atoms with Gasteiger partial charge in [-0.3, -0.25) is 0 Å². The van der Waals surface area contributed by atoms with Crippen molar-refractivity contribution in [1.29, 1.82) is 0 Å². The smallest absolute Gasteiger partial charge is 0.335 e. The van der Waals surface area contributed by atoms with E-state index < -0.39 is 40.2 Å². The zero-order chi connectivity index (χ0) is 21.5. The summed E-state index contributed by atoms with van der Waals surface area (Å²) >= 11 is 0. The summed E-state index contributed by atoms with van der Waals surface area (Å²) in [5, 5.41) is 19.8. The van der Waals surface area contributed by atoms with Gasteiger partial charge in [0.1, 0.15) is 11.9 Å². The molecular weight excluding hydrogens is 406 g/mol. The van der Waals surface area contributed by atoms with Crippen molar-refractivity contribution in [3.63, 3.8) is 0 Å². The van der Waals surface area contributed by atoms with Crippen molar-refractivity contribution in [2.24, 2.45) is 0 Å². The van der Waals surface area contributed by atoms with Crippen LogP contribution in [0.3, 0.4) is 0 Å². The fourth-order valence-corrected chi connectivity index (χ4v) is 5.63. The number of hydrogen-bond acceptors (Lipinski definition) is 5. The van der Waals surface area contributed by atoms with Crippen molar-refractivity contribution >= 4 is 21.6 Å². The number of aliphatic hydroxyl groups is 1. The van der Waals surface area contributed by atoms with E-state index in [1.165, 1.54) is 0 Å². The lowest BCUT2D eigenvalue weighted by Crippen LogP contribution is -2.44. The minimum Gasteiger partial charge on any atom is -0.489 e. The Labute approximate surface area is 175 Å². The van der Waals surface area contributed by atoms with Crippen molar-refractivity contribution in [2.75, 3.05) is 5.75 Å². The normalized spacial score (nSPS) is 24.7. The Morgan fingerprint density at radius 1 is 1.17 bits per heavy atom. The van der Waals surface area contributed by atoms with Crippen LogP contribution in [0.1, 0.15) is 29.0 Å². The lowest BCUT2D eigenvalue weighted by Gasteiger charge is -2.22. The first-order valence-corrected chi connectivity index (χ1v) is 11.4. The highest BCUT2D eigenvalue weighted by Crippen LogP contribution is 2.49. The Hall–Kier alpha value is -2.68. The lowest BCUT2D eigenvalue weighted by molar-refractivity contribution is -0.130. The molecule has 158 valence electrons. The van der Waals surface area contributed by atoms with Crippen molar-refractivity contribution in [3.8, 4) is 5.75 Å². The van der Waals surface area contributed by atoms with Gasteiger partial charge in [-0.25, -0.2) is 17.9 Å². The van der Waals surface area contributed by atoms with Crippen LogP contribution in [0.25, 0.3) is 5.57 Å². The van der Waals surface area contributed by atoms with Crippen molar-refractivity contribution in [3.05, 3.63) is 71.8 Å². The highest BCUT2D eigenvalue weighted by molar-refractivity contribution is 7.89. The first-order chi connectivity index (χ1) is 14.3. The quantitative estimate of drug-likeness (QED) is 0.580. The number of fused-ring (bicyclic) bond motifs is 3. The molecule has 1 fully saturated rings. The predicted molar refractivity (Wildman–Crippen MR) is 112 cm³/mol. The van der Waals surface area contributed by atoms with E-state index in [1.54, 1.807) is 18.2 Å². The summed E-state index contributed by atoms with van der Waals surface area (Å²) in [7, 11) is -3.65. The molecule has 0 aromatic heterocycles. The van der Waals surface area contributed by atoms with Crippen LogP contribution >= 0.6 is 0 Å². The molecule has 2 aliphatic rings. The Kier molecular flexibility index (Phi) is 5.40. The Morgan fingerprint density at radius 3 is 2.60 bits per heavy atom. The van der Waals surface area contributed by atoms with Gasteiger partial charge in [0.25, 0.3) is 0 Å². The van der Waals surface area contributed by atoms with Crippen molar-refractivity contribution in [1.82, 2.24) is 4.72 Å². The molecule has 8 heteroatoms. The third-order valence-corrected chi connectivity index (χ3v) is 7.12. The molecule has 7 nitrogen and oxygen atoms in total.